The van der Waals surface area contributed by atoms with Gasteiger partial charge < -0.3 is 23.7 Å². The molecule has 0 N–H and O–H groups in total. The SMILES string of the molecule is COc1cc(OC)c(OC)cc1C=C1Oc2c(ccc3c2C(CC(C)C)CC(=O)O3)C1=O. The lowest BCUT2D eigenvalue weighted by atomic mass is 9.84. The number of ether oxygens (including phenoxy) is 5. The van der Waals surface area contributed by atoms with Crippen LogP contribution in [0.25, 0.3) is 6.08 Å². The molecule has 1 atom stereocenters. The maximum Gasteiger partial charge on any atom is 0.311 e. The second-order valence-electron chi connectivity index (χ2n) is 8.25. The molecule has 0 aliphatic carbocycles. The summed E-state index contributed by atoms with van der Waals surface area (Å²) in [4.78, 5) is 25.3. The van der Waals surface area contributed by atoms with Crippen LogP contribution in [0.1, 0.15) is 54.1 Å². The zero-order chi connectivity index (χ0) is 23.0. The highest BCUT2D eigenvalue weighted by Gasteiger charge is 2.38. The van der Waals surface area contributed by atoms with Crippen molar-refractivity contribution in [3.8, 4) is 28.7 Å². The van der Waals surface area contributed by atoms with Crippen LogP contribution in [0.3, 0.4) is 0 Å². The second-order valence-corrected chi connectivity index (χ2v) is 8.25. The molecule has 2 heterocycles. The van der Waals surface area contributed by atoms with Crippen molar-refractivity contribution in [1.29, 1.82) is 0 Å². The number of benzene rings is 2. The number of ketones is 1. The molecule has 0 radical (unpaired) electrons. The van der Waals surface area contributed by atoms with E-state index in [1.807, 2.05) is 0 Å². The number of esters is 1. The van der Waals surface area contributed by atoms with Gasteiger partial charge in [0.2, 0.25) is 5.78 Å². The Labute approximate surface area is 186 Å². The average molecular weight is 438 g/mol. The number of fused-ring (bicyclic) bond motifs is 3. The summed E-state index contributed by atoms with van der Waals surface area (Å²) in [6, 6.07) is 6.74. The van der Waals surface area contributed by atoms with E-state index in [2.05, 4.69) is 13.8 Å². The van der Waals surface area contributed by atoms with Gasteiger partial charge in [-0.2, -0.15) is 0 Å². The van der Waals surface area contributed by atoms with Crippen LogP contribution in [-0.2, 0) is 4.79 Å². The van der Waals surface area contributed by atoms with E-state index in [-0.39, 0.29) is 29.9 Å². The lowest BCUT2D eigenvalue weighted by Gasteiger charge is -2.27. The van der Waals surface area contributed by atoms with Gasteiger partial charge in [-0.1, -0.05) is 13.8 Å². The van der Waals surface area contributed by atoms with E-state index in [0.29, 0.717) is 45.8 Å². The Hall–Kier alpha value is -3.48. The summed E-state index contributed by atoms with van der Waals surface area (Å²) in [6.45, 7) is 4.20. The Morgan fingerprint density at radius 3 is 2.34 bits per heavy atom. The number of carbonyl (C=O) groups is 2. The number of allylic oxidation sites excluding steroid dienone is 1. The Morgan fingerprint density at radius 2 is 1.69 bits per heavy atom. The van der Waals surface area contributed by atoms with E-state index in [1.165, 1.54) is 14.2 Å². The second kappa shape index (κ2) is 8.57. The quantitative estimate of drug-likeness (QED) is 0.365. The summed E-state index contributed by atoms with van der Waals surface area (Å²) in [5, 5.41) is 0. The molecular formula is C25H26O7. The maximum atomic E-state index is 13.2. The van der Waals surface area contributed by atoms with Crippen molar-refractivity contribution in [2.75, 3.05) is 21.3 Å². The predicted octanol–water partition coefficient (Wildman–Crippen LogP) is 4.77. The van der Waals surface area contributed by atoms with Gasteiger partial charge in [-0.25, -0.2) is 0 Å². The number of carbonyl (C=O) groups excluding carboxylic acids is 2. The fraction of sp³-hybridized carbons (Fsp3) is 0.360. The minimum Gasteiger partial charge on any atom is -0.496 e. The monoisotopic (exact) mass is 438 g/mol. The predicted molar refractivity (Wildman–Crippen MR) is 118 cm³/mol. The number of hydrogen-bond acceptors (Lipinski definition) is 7. The third-order valence-corrected chi connectivity index (χ3v) is 5.66. The van der Waals surface area contributed by atoms with Crippen LogP contribution >= 0.6 is 0 Å². The molecule has 2 aromatic carbocycles. The topological polar surface area (TPSA) is 80.3 Å². The van der Waals surface area contributed by atoms with Gasteiger partial charge in [0.05, 0.1) is 33.3 Å². The molecule has 168 valence electrons. The van der Waals surface area contributed by atoms with Gasteiger partial charge in [0, 0.05) is 23.1 Å². The molecule has 7 nitrogen and oxygen atoms in total. The highest BCUT2D eigenvalue weighted by molar-refractivity contribution is 6.15. The van der Waals surface area contributed by atoms with Crippen molar-refractivity contribution in [3.63, 3.8) is 0 Å². The Kier molecular flexibility index (Phi) is 5.82. The van der Waals surface area contributed by atoms with Gasteiger partial charge in [-0.05, 0) is 36.6 Å². The highest BCUT2D eigenvalue weighted by atomic mass is 16.5. The molecule has 0 spiro atoms. The van der Waals surface area contributed by atoms with E-state index in [4.69, 9.17) is 23.7 Å². The van der Waals surface area contributed by atoms with Gasteiger partial charge in [0.1, 0.15) is 17.2 Å². The van der Waals surface area contributed by atoms with Crippen molar-refractivity contribution >= 4 is 17.8 Å². The molecule has 4 rings (SSSR count). The van der Waals surface area contributed by atoms with Crippen molar-refractivity contribution in [3.05, 3.63) is 46.7 Å². The lowest BCUT2D eigenvalue weighted by Crippen LogP contribution is -2.21. The van der Waals surface area contributed by atoms with Gasteiger partial charge in [0.15, 0.2) is 17.3 Å². The molecule has 2 aliphatic heterocycles. The van der Waals surface area contributed by atoms with Crippen molar-refractivity contribution in [2.45, 2.75) is 32.6 Å². The summed E-state index contributed by atoms with van der Waals surface area (Å²) in [5.74, 6) is 2.43. The van der Waals surface area contributed by atoms with E-state index < -0.39 is 0 Å². The van der Waals surface area contributed by atoms with Gasteiger partial charge in [0.25, 0.3) is 0 Å². The zero-order valence-corrected chi connectivity index (χ0v) is 18.8. The van der Waals surface area contributed by atoms with Crippen LogP contribution in [0.4, 0.5) is 0 Å². The summed E-state index contributed by atoms with van der Waals surface area (Å²) in [7, 11) is 4.62. The third-order valence-electron chi connectivity index (χ3n) is 5.66. The van der Waals surface area contributed by atoms with Crippen molar-refractivity contribution in [2.24, 2.45) is 5.92 Å². The first-order chi connectivity index (χ1) is 15.4. The number of Topliss-reactive ketones (excluding diaryl/α,β-unsaturated/α-hetero) is 1. The number of hydrogen-bond donors (Lipinski definition) is 0. The smallest absolute Gasteiger partial charge is 0.311 e. The van der Waals surface area contributed by atoms with Crippen LogP contribution in [0.2, 0.25) is 0 Å². The van der Waals surface area contributed by atoms with Gasteiger partial charge in [-0.3, -0.25) is 9.59 Å². The molecule has 7 heteroatoms. The summed E-state index contributed by atoms with van der Waals surface area (Å²) >= 11 is 0. The highest BCUT2D eigenvalue weighted by Crippen LogP contribution is 2.49. The first kappa shape index (κ1) is 21.7. The van der Waals surface area contributed by atoms with Crippen molar-refractivity contribution in [1.82, 2.24) is 0 Å². The standard InChI is InChI=1S/C25H26O7/c1-13(2)8-15-11-22(26)31-17-7-6-16-24(27)21(32-25(16)23(15)17)10-14-9-19(29-4)20(30-5)12-18(14)28-3/h6-7,9-10,12-13,15H,8,11H2,1-5H3. The van der Waals surface area contributed by atoms with Crippen molar-refractivity contribution < 1.29 is 33.3 Å². The van der Waals surface area contributed by atoms with Crippen LogP contribution in [0.15, 0.2) is 30.0 Å². The minimum atomic E-state index is -0.266. The summed E-state index contributed by atoms with van der Waals surface area (Å²) in [6.07, 6.45) is 2.68. The largest absolute Gasteiger partial charge is 0.496 e. The Morgan fingerprint density at radius 1 is 1.00 bits per heavy atom. The molecule has 0 bridgehead atoms. The molecule has 0 amide bonds. The summed E-state index contributed by atoms with van der Waals surface area (Å²) in [5.41, 5.74) is 1.85. The van der Waals surface area contributed by atoms with E-state index in [0.717, 1.165) is 12.0 Å². The molecular weight excluding hydrogens is 412 g/mol. The lowest BCUT2D eigenvalue weighted by molar-refractivity contribution is -0.136. The average Bonchev–Trinajstić information content (AvgIpc) is 3.07. The Bertz CT molecular complexity index is 1110. The molecule has 0 saturated heterocycles. The van der Waals surface area contributed by atoms with E-state index >= 15 is 0 Å². The van der Waals surface area contributed by atoms with Crippen LogP contribution in [0, 0.1) is 5.92 Å². The number of methoxy groups -OCH3 is 3. The maximum absolute atomic E-state index is 13.2. The fourth-order valence-corrected chi connectivity index (χ4v) is 4.27. The molecule has 32 heavy (non-hydrogen) atoms. The first-order valence-electron chi connectivity index (χ1n) is 10.5. The zero-order valence-electron chi connectivity index (χ0n) is 18.8. The molecule has 0 aromatic heterocycles. The molecule has 2 aliphatic rings. The molecule has 0 fully saturated rings. The fourth-order valence-electron chi connectivity index (χ4n) is 4.27. The number of rotatable bonds is 6. The third kappa shape index (κ3) is 3.79. The molecule has 0 saturated carbocycles. The normalized spacial score (nSPS) is 18.2. The molecule has 2 aromatic rings. The Balaban J connectivity index is 1.78. The van der Waals surface area contributed by atoms with E-state index in [9.17, 15) is 9.59 Å². The van der Waals surface area contributed by atoms with Crippen LogP contribution in [0.5, 0.6) is 28.7 Å². The molecule has 1 unspecified atom stereocenters. The van der Waals surface area contributed by atoms with E-state index in [1.54, 1.807) is 37.5 Å². The summed E-state index contributed by atoms with van der Waals surface area (Å²) < 4.78 is 27.7. The first-order valence-corrected chi connectivity index (χ1v) is 10.5. The van der Waals surface area contributed by atoms with Crippen LogP contribution < -0.4 is 23.7 Å². The van der Waals surface area contributed by atoms with Gasteiger partial charge in [-0.15, -0.1) is 0 Å². The van der Waals surface area contributed by atoms with Crippen LogP contribution in [-0.4, -0.2) is 33.1 Å². The van der Waals surface area contributed by atoms with Gasteiger partial charge >= 0.3 is 5.97 Å². The minimum absolute atomic E-state index is 0.0658.